The maximum absolute atomic E-state index is 11.9. The number of fused-ring (bicyclic) bond motifs is 1. The molecule has 0 saturated heterocycles. The number of nitrogens with one attached hydrogen (secondary N) is 2. The van der Waals surface area contributed by atoms with Crippen LogP contribution in [0, 0.1) is 5.41 Å². The molecule has 2 aromatic carbocycles. The van der Waals surface area contributed by atoms with Crippen LogP contribution in [0.5, 0.6) is 0 Å². The van der Waals surface area contributed by atoms with Crippen molar-refractivity contribution in [3.8, 4) is 0 Å². The van der Waals surface area contributed by atoms with E-state index in [4.69, 9.17) is 5.11 Å². The predicted molar refractivity (Wildman–Crippen MR) is 81.8 cm³/mol. The van der Waals surface area contributed by atoms with Crippen LogP contribution < -0.4 is 10.6 Å². The lowest BCUT2D eigenvalue weighted by Gasteiger charge is -2.22. The van der Waals surface area contributed by atoms with E-state index < -0.39 is 0 Å². The highest BCUT2D eigenvalue weighted by molar-refractivity contribution is 6.01. The highest BCUT2D eigenvalue weighted by Gasteiger charge is 2.17. The second-order valence-electron chi connectivity index (χ2n) is 5.66. The number of hydrogen-bond acceptors (Lipinski definition) is 2. The molecule has 4 heteroatoms. The Morgan fingerprint density at radius 2 is 1.85 bits per heavy atom. The van der Waals surface area contributed by atoms with Crippen molar-refractivity contribution in [2.45, 2.75) is 13.8 Å². The van der Waals surface area contributed by atoms with Gasteiger partial charge in [0.2, 0.25) is 0 Å². The average molecular weight is 272 g/mol. The lowest BCUT2D eigenvalue weighted by molar-refractivity contribution is 0.158. The van der Waals surface area contributed by atoms with Crippen molar-refractivity contribution in [1.29, 1.82) is 0 Å². The number of anilines is 1. The molecule has 2 aromatic rings. The molecule has 2 rings (SSSR count). The Morgan fingerprint density at radius 3 is 2.60 bits per heavy atom. The van der Waals surface area contributed by atoms with Crippen molar-refractivity contribution >= 4 is 22.5 Å². The summed E-state index contributed by atoms with van der Waals surface area (Å²) in [5, 5.41) is 16.9. The number of aliphatic hydroxyl groups is 1. The monoisotopic (exact) mass is 272 g/mol. The van der Waals surface area contributed by atoms with E-state index in [1.807, 2.05) is 56.3 Å². The number of carbonyl (C=O) groups is 1. The smallest absolute Gasteiger partial charge is 0.319 e. The molecule has 106 valence electrons. The molecule has 0 heterocycles. The Kier molecular flexibility index (Phi) is 4.25. The normalized spacial score (nSPS) is 11.3. The molecule has 0 spiro atoms. The number of amides is 2. The van der Waals surface area contributed by atoms with Gasteiger partial charge < -0.3 is 15.7 Å². The van der Waals surface area contributed by atoms with Crippen LogP contribution >= 0.6 is 0 Å². The fourth-order valence-corrected chi connectivity index (χ4v) is 1.88. The van der Waals surface area contributed by atoms with Gasteiger partial charge in [-0.05, 0) is 11.5 Å². The zero-order chi connectivity index (χ0) is 14.6. The summed E-state index contributed by atoms with van der Waals surface area (Å²) in [6, 6.07) is 13.4. The molecule has 4 nitrogen and oxygen atoms in total. The van der Waals surface area contributed by atoms with Crippen LogP contribution in [0.1, 0.15) is 13.8 Å². The molecule has 3 N–H and O–H groups in total. The van der Waals surface area contributed by atoms with Crippen LogP contribution in [0.15, 0.2) is 42.5 Å². The summed E-state index contributed by atoms with van der Waals surface area (Å²) < 4.78 is 0. The summed E-state index contributed by atoms with van der Waals surface area (Å²) in [4.78, 5) is 11.9. The summed E-state index contributed by atoms with van der Waals surface area (Å²) in [5.41, 5.74) is 0.457. The molecule has 2 amide bonds. The summed E-state index contributed by atoms with van der Waals surface area (Å²) in [6.07, 6.45) is 0. The number of urea groups is 1. The molecule has 0 aliphatic rings. The number of aliphatic hydroxyl groups excluding tert-OH is 1. The summed E-state index contributed by atoms with van der Waals surface area (Å²) in [7, 11) is 0. The molecule has 0 unspecified atom stereocenters. The fraction of sp³-hybridized carbons (Fsp3) is 0.312. The van der Waals surface area contributed by atoms with Gasteiger partial charge in [0, 0.05) is 24.0 Å². The molecule has 0 aromatic heterocycles. The van der Waals surface area contributed by atoms with Gasteiger partial charge in [-0.1, -0.05) is 50.2 Å². The maximum atomic E-state index is 11.9. The largest absolute Gasteiger partial charge is 0.396 e. The first-order valence-corrected chi connectivity index (χ1v) is 6.65. The Hall–Kier alpha value is -2.07. The van der Waals surface area contributed by atoms with Crippen molar-refractivity contribution in [3.05, 3.63) is 42.5 Å². The minimum atomic E-state index is -0.323. The second-order valence-corrected chi connectivity index (χ2v) is 5.66. The second kappa shape index (κ2) is 5.92. The minimum Gasteiger partial charge on any atom is -0.396 e. The molecule has 0 bridgehead atoms. The van der Waals surface area contributed by atoms with Crippen molar-refractivity contribution < 1.29 is 9.90 Å². The first-order chi connectivity index (χ1) is 9.52. The average Bonchev–Trinajstić information content (AvgIpc) is 2.46. The van der Waals surface area contributed by atoms with Crippen LogP contribution in [0.4, 0.5) is 10.5 Å². The van der Waals surface area contributed by atoms with Crippen molar-refractivity contribution in [3.63, 3.8) is 0 Å². The SMILES string of the molecule is CC(C)(CO)CNC(=O)Nc1cccc2ccccc12. The Bertz CT molecular complexity index is 603. The van der Waals surface area contributed by atoms with Gasteiger partial charge in [-0.3, -0.25) is 0 Å². The lowest BCUT2D eigenvalue weighted by Crippen LogP contribution is -2.38. The van der Waals surface area contributed by atoms with E-state index in [0.29, 0.717) is 6.54 Å². The molecule has 0 saturated carbocycles. The third kappa shape index (κ3) is 3.48. The highest BCUT2D eigenvalue weighted by atomic mass is 16.3. The van der Waals surface area contributed by atoms with E-state index in [-0.39, 0.29) is 18.1 Å². The lowest BCUT2D eigenvalue weighted by atomic mass is 9.95. The summed E-state index contributed by atoms with van der Waals surface area (Å²) in [5.74, 6) is 0. The number of carbonyl (C=O) groups excluding carboxylic acids is 1. The number of benzene rings is 2. The molecule has 20 heavy (non-hydrogen) atoms. The molecular formula is C16H20N2O2. The Balaban J connectivity index is 2.07. The first-order valence-electron chi connectivity index (χ1n) is 6.65. The Labute approximate surface area is 118 Å². The van der Waals surface area contributed by atoms with E-state index in [1.165, 1.54) is 0 Å². The van der Waals surface area contributed by atoms with Crippen LogP contribution in [-0.2, 0) is 0 Å². The van der Waals surface area contributed by atoms with Gasteiger partial charge in [-0.15, -0.1) is 0 Å². The highest BCUT2D eigenvalue weighted by Crippen LogP contribution is 2.22. The minimum absolute atomic E-state index is 0.0293. The third-order valence-electron chi connectivity index (χ3n) is 3.19. The zero-order valence-electron chi connectivity index (χ0n) is 11.8. The van der Waals surface area contributed by atoms with Crippen LogP contribution in [0.25, 0.3) is 10.8 Å². The van der Waals surface area contributed by atoms with Gasteiger partial charge in [0.15, 0.2) is 0 Å². The van der Waals surface area contributed by atoms with Crippen LogP contribution in [0.2, 0.25) is 0 Å². The quantitative estimate of drug-likeness (QED) is 0.801. The van der Waals surface area contributed by atoms with E-state index in [1.54, 1.807) is 0 Å². The zero-order valence-corrected chi connectivity index (χ0v) is 11.8. The molecule has 0 fully saturated rings. The molecule has 0 aliphatic heterocycles. The Morgan fingerprint density at radius 1 is 1.15 bits per heavy atom. The van der Waals surface area contributed by atoms with Gasteiger partial charge in [0.25, 0.3) is 0 Å². The standard InChI is InChI=1S/C16H20N2O2/c1-16(2,11-19)10-17-15(20)18-14-9-5-7-12-6-3-4-8-13(12)14/h3-9,19H,10-11H2,1-2H3,(H2,17,18,20). The molecule has 0 atom stereocenters. The van der Waals surface area contributed by atoms with Gasteiger partial charge >= 0.3 is 6.03 Å². The van der Waals surface area contributed by atoms with Gasteiger partial charge in [-0.25, -0.2) is 4.79 Å². The number of hydrogen-bond donors (Lipinski definition) is 3. The van der Waals surface area contributed by atoms with Gasteiger partial charge in [0.1, 0.15) is 0 Å². The molecule has 0 aliphatic carbocycles. The summed E-state index contributed by atoms with van der Waals surface area (Å²) in [6.45, 7) is 4.23. The van der Waals surface area contributed by atoms with Gasteiger partial charge in [-0.2, -0.15) is 0 Å². The first kappa shape index (κ1) is 14.3. The van der Waals surface area contributed by atoms with Gasteiger partial charge in [0.05, 0.1) is 5.69 Å². The predicted octanol–water partition coefficient (Wildman–Crippen LogP) is 2.98. The van der Waals surface area contributed by atoms with E-state index in [9.17, 15) is 4.79 Å². The molecule has 0 radical (unpaired) electrons. The van der Waals surface area contributed by atoms with Crippen molar-refractivity contribution in [1.82, 2.24) is 5.32 Å². The number of rotatable bonds is 4. The van der Waals surface area contributed by atoms with Crippen molar-refractivity contribution in [2.75, 3.05) is 18.5 Å². The van der Waals surface area contributed by atoms with Crippen LogP contribution in [0.3, 0.4) is 0 Å². The topological polar surface area (TPSA) is 61.4 Å². The van der Waals surface area contributed by atoms with E-state index in [0.717, 1.165) is 16.5 Å². The van der Waals surface area contributed by atoms with E-state index >= 15 is 0 Å². The van der Waals surface area contributed by atoms with E-state index in [2.05, 4.69) is 10.6 Å². The maximum Gasteiger partial charge on any atom is 0.319 e. The van der Waals surface area contributed by atoms with Crippen molar-refractivity contribution in [2.24, 2.45) is 5.41 Å². The third-order valence-corrected chi connectivity index (χ3v) is 3.19. The van der Waals surface area contributed by atoms with Crippen LogP contribution in [-0.4, -0.2) is 24.3 Å². The molecular weight excluding hydrogens is 252 g/mol. The summed E-state index contributed by atoms with van der Waals surface area (Å²) >= 11 is 0. The fourth-order valence-electron chi connectivity index (χ4n) is 1.88.